The largest absolute Gasteiger partial charge is 0.497 e. The van der Waals surface area contributed by atoms with Crippen molar-refractivity contribution in [2.24, 2.45) is 5.41 Å². The molecule has 1 spiro atoms. The van der Waals surface area contributed by atoms with E-state index in [9.17, 15) is 23.3 Å². The van der Waals surface area contributed by atoms with Crippen molar-refractivity contribution in [1.82, 2.24) is 24.5 Å². The van der Waals surface area contributed by atoms with Crippen molar-refractivity contribution in [2.45, 2.75) is 87.5 Å². The summed E-state index contributed by atoms with van der Waals surface area (Å²) < 4.78 is 62.0. The number of nitrogens with one attached hydrogen (secondary N) is 3. The van der Waals surface area contributed by atoms with E-state index in [0.29, 0.717) is 23.4 Å². The molecule has 1 atom stereocenters. The lowest BCUT2D eigenvalue weighted by Gasteiger charge is -2.58. The van der Waals surface area contributed by atoms with Crippen LogP contribution in [-0.4, -0.2) is 110 Å². The Hall–Kier alpha value is -6.60. The second kappa shape index (κ2) is 20.7. The molecule has 18 heteroatoms. The van der Waals surface area contributed by atoms with Gasteiger partial charge in [-0.25, -0.2) is 22.5 Å². The van der Waals surface area contributed by atoms with Crippen LogP contribution >= 0.6 is 0 Å². The number of H-pyrrole nitrogens is 1. The fourth-order valence-electron chi connectivity index (χ4n) is 11.3. The number of carbonyl (C=O) groups is 1. The summed E-state index contributed by atoms with van der Waals surface area (Å²) in [4.78, 5) is 40.1. The van der Waals surface area contributed by atoms with Gasteiger partial charge in [0.15, 0.2) is 0 Å². The number of pyridine rings is 1. The number of nitro benzene ring substituents is 1. The highest BCUT2D eigenvalue weighted by Gasteiger charge is 2.50. The number of piperidine rings is 1. The number of aromatic nitrogens is 2. The van der Waals surface area contributed by atoms with Gasteiger partial charge in [-0.2, -0.15) is 0 Å². The zero-order valence-corrected chi connectivity index (χ0v) is 42.3. The molecule has 16 nitrogen and oxygen atoms in total. The molecule has 384 valence electrons. The molecule has 1 saturated carbocycles. The Kier molecular flexibility index (Phi) is 14.2. The van der Waals surface area contributed by atoms with Gasteiger partial charge >= 0.3 is 0 Å². The Bertz CT molecular complexity index is 3070. The highest BCUT2D eigenvalue weighted by Crippen LogP contribution is 2.53. The molecule has 0 radical (unpaired) electrons. The van der Waals surface area contributed by atoms with Crippen LogP contribution in [-0.2, 0) is 21.3 Å². The van der Waals surface area contributed by atoms with Crippen LogP contribution < -0.4 is 24.4 Å². The molecule has 73 heavy (non-hydrogen) atoms. The lowest BCUT2D eigenvalue weighted by Crippen LogP contribution is -2.60. The summed E-state index contributed by atoms with van der Waals surface area (Å²) in [7, 11) is -2.95. The third kappa shape index (κ3) is 10.9. The number of fused-ring (bicyclic) bond motifs is 1. The number of benzene rings is 4. The number of alkyl halides is 1. The highest BCUT2D eigenvalue weighted by molar-refractivity contribution is 7.90. The summed E-state index contributed by atoms with van der Waals surface area (Å²) in [5, 5.41) is 15.7. The lowest BCUT2D eigenvalue weighted by atomic mass is 9.59. The molecule has 10 rings (SSSR count). The number of amides is 1. The molecular weight excluding hydrogens is 952 g/mol. The van der Waals surface area contributed by atoms with E-state index in [1.807, 2.05) is 18.2 Å². The molecule has 1 aliphatic carbocycles. The van der Waals surface area contributed by atoms with Crippen molar-refractivity contribution in [3.8, 4) is 17.2 Å². The van der Waals surface area contributed by atoms with Crippen molar-refractivity contribution >= 4 is 44.0 Å². The third-order valence-electron chi connectivity index (χ3n) is 15.5. The van der Waals surface area contributed by atoms with Gasteiger partial charge < -0.3 is 29.4 Å². The van der Waals surface area contributed by atoms with Crippen LogP contribution in [0.15, 0.2) is 114 Å². The second-order valence-corrected chi connectivity index (χ2v) is 22.2. The first-order chi connectivity index (χ1) is 35.2. The van der Waals surface area contributed by atoms with Gasteiger partial charge in [-0.05, 0) is 102 Å². The first-order valence-electron chi connectivity index (χ1n) is 25.2. The molecule has 3 N–H and O–H groups in total. The maximum Gasteiger partial charge on any atom is 0.293 e. The van der Waals surface area contributed by atoms with E-state index in [-0.39, 0.29) is 61.1 Å². The number of carbonyl (C=O) groups excluding carboxylic acids is 1. The number of nitro groups is 1. The SMILES string of the molecule is COc1ccc(CN2CCN(C3CC4(CCN(c5ccc(C(=O)NS(=O)(=O)c6ccc(NCC7(F)CCOCC7)c([N+](=O)[O-])c6)c(Oc6cnc7[nH]ccc7c6)c5)CC4)C3)[C@H](c3ccccc3C(C)C)C2)cc1. The summed E-state index contributed by atoms with van der Waals surface area (Å²) >= 11 is 0. The second-order valence-electron chi connectivity index (χ2n) is 20.5. The van der Waals surface area contributed by atoms with Gasteiger partial charge in [-0.3, -0.25) is 24.7 Å². The maximum absolute atomic E-state index is 15.3. The van der Waals surface area contributed by atoms with Gasteiger partial charge in [0.2, 0.25) is 0 Å². The molecule has 3 aliphatic heterocycles. The average Bonchev–Trinajstić information content (AvgIpc) is 3.86. The number of methoxy groups -OCH3 is 1. The van der Waals surface area contributed by atoms with Crippen molar-refractivity contribution < 1.29 is 36.7 Å². The number of hydrogen-bond donors (Lipinski definition) is 3. The molecule has 1 amide bonds. The van der Waals surface area contributed by atoms with E-state index in [2.05, 4.69) is 85.0 Å². The minimum Gasteiger partial charge on any atom is -0.497 e. The highest BCUT2D eigenvalue weighted by atomic mass is 32.2. The summed E-state index contributed by atoms with van der Waals surface area (Å²) in [5.74, 6) is 0.735. The van der Waals surface area contributed by atoms with Crippen molar-refractivity contribution in [1.29, 1.82) is 0 Å². The fourth-order valence-corrected chi connectivity index (χ4v) is 12.3. The van der Waals surface area contributed by atoms with Crippen LogP contribution in [0.1, 0.15) is 91.4 Å². The van der Waals surface area contributed by atoms with E-state index >= 15 is 4.39 Å². The molecular formula is C55H63FN8O8S. The Morgan fingerprint density at radius 2 is 1.71 bits per heavy atom. The van der Waals surface area contributed by atoms with E-state index < -0.39 is 37.1 Å². The molecule has 0 unspecified atom stereocenters. The minimum atomic E-state index is -4.65. The number of anilines is 2. The van der Waals surface area contributed by atoms with Crippen LogP contribution in [0, 0.1) is 15.5 Å². The van der Waals surface area contributed by atoms with Crippen LogP contribution in [0.3, 0.4) is 0 Å². The van der Waals surface area contributed by atoms with Crippen LogP contribution in [0.2, 0.25) is 0 Å². The molecule has 4 aromatic carbocycles. The molecule has 6 aromatic rings. The predicted octanol–water partition coefficient (Wildman–Crippen LogP) is 9.75. The Labute approximate surface area is 425 Å². The summed E-state index contributed by atoms with van der Waals surface area (Å²) in [6, 6.07) is 30.1. The fraction of sp³-hybridized carbons (Fsp3) is 0.418. The number of sulfonamides is 1. The van der Waals surface area contributed by atoms with Crippen LogP contribution in [0.4, 0.5) is 21.5 Å². The number of ether oxygens (including phenoxy) is 3. The first kappa shape index (κ1) is 50.0. The zero-order valence-electron chi connectivity index (χ0n) is 41.5. The van der Waals surface area contributed by atoms with Gasteiger partial charge in [-0.15, -0.1) is 0 Å². The number of piperazine rings is 1. The monoisotopic (exact) mass is 1010 g/mol. The Morgan fingerprint density at radius 1 is 0.945 bits per heavy atom. The lowest BCUT2D eigenvalue weighted by molar-refractivity contribution is -0.384. The quantitative estimate of drug-likeness (QED) is 0.0616. The average molecular weight is 1020 g/mol. The van der Waals surface area contributed by atoms with E-state index in [0.717, 1.165) is 93.9 Å². The third-order valence-corrected chi connectivity index (χ3v) is 16.9. The standard InChI is InChI=1S/C55H63FN8O8S/c1-37(2)45-6-4-5-7-46(45)50-35-61(34-38-8-11-42(70-3)12-9-38)24-25-63(50)41-31-54(32-41)17-22-62(23-18-54)40-10-14-47(51(29-40)72-43-28-39-16-21-57-52(39)58-33-43)53(65)60-73(68,69)44-13-15-48(49(30-44)64(66)67)59-36-55(56)19-26-71-27-20-55/h4-16,21,28-30,33,37,41,50,59H,17-20,22-27,31-32,34-36H2,1-3H3,(H,57,58)(H,60,65)/t50-/m0/s1. The Morgan fingerprint density at radius 3 is 2.45 bits per heavy atom. The molecule has 4 aliphatic rings. The van der Waals surface area contributed by atoms with E-state index in [1.54, 1.807) is 37.6 Å². The maximum atomic E-state index is 15.3. The van der Waals surface area contributed by atoms with Crippen molar-refractivity contribution in [3.63, 3.8) is 0 Å². The summed E-state index contributed by atoms with van der Waals surface area (Å²) in [6.45, 7) is 10.2. The smallest absolute Gasteiger partial charge is 0.293 e. The number of halogens is 1. The number of rotatable bonds is 16. The van der Waals surface area contributed by atoms with Gasteiger partial charge in [-0.1, -0.05) is 50.2 Å². The van der Waals surface area contributed by atoms with Crippen molar-refractivity contribution in [2.75, 3.05) is 69.8 Å². The first-order valence-corrected chi connectivity index (χ1v) is 26.7. The normalized spacial score (nSPS) is 19.4. The number of aromatic amines is 1. The Balaban J connectivity index is 0.837. The van der Waals surface area contributed by atoms with Crippen molar-refractivity contribution in [3.05, 3.63) is 142 Å². The topological polar surface area (TPSA) is 184 Å². The van der Waals surface area contributed by atoms with Gasteiger partial charge in [0.05, 0.1) is 28.7 Å². The summed E-state index contributed by atoms with van der Waals surface area (Å²) in [5.41, 5.74) is 3.48. The van der Waals surface area contributed by atoms with Gasteiger partial charge in [0.1, 0.15) is 34.3 Å². The van der Waals surface area contributed by atoms with E-state index in [1.165, 1.54) is 29.0 Å². The predicted molar refractivity (Wildman–Crippen MR) is 278 cm³/mol. The zero-order chi connectivity index (χ0) is 50.9. The molecule has 5 heterocycles. The van der Waals surface area contributed by atoms with Crippen LogP contribution in [0.25, 0.3) is 11.0 Å². The molecule has 3 saturated heterocycles. The number of hydrogen-bond acceptors (Lipinski definition) is 13. The number of nitrogens with zero attached hydrogens (tertiary/aromatic N) is 5. The van der Waals surface area contributed by atoms with Gasteiger partial charge in [0.25, 0.3) is 21.6 Å². The van der Waals surface area contributed by atoms with Crippen LogP contribution in [0.5, 0.6) is 17.2 Å². The van der Waals surface area contributed by atoms with Gasteiger partial charge in [0, 0.05) is 113 Å². The molecule has 4 fully saturated rings. The summed E-state index contributed by atoms with van der Waals surface area (Å²) in [6.07, 6.45) is 7.79. The van der Waals surface area contributed by atoms with E-state index in [4.69, 9.17) is 14.2 Å². The molecule has 2 aromatic heterocycles. The minimum absolute atomic E-state index is 0.0497. The molecule has 0 bridgehead atoms.